The van der Waals surface area contributed by atoms with E-state index in [1.165, 1.54) is 13.2 Å². The van der Waals surface area contributed by atoms with Crippen LogP contribution in [-0.2, 0) is 4.74 Å². The predicted molar refractivity (Wildman–Crippen MR) is 95.5 cm³/mol. The van der Waals surface area contributed by atoms with Gasteiger partial charge in [0.25, 0.3) is 0 Å². The monoisotopic (exact) mass is 347 g/mol. The maximum atomic E-state index is 12.5. The van der Waals surface area contributed by atoms with Gasteiger partial charge < -0.3 is 19.8 Å². The average Bonchev–Trinajstić information content (AvgIpc) is 2.58. The van der Waals surface area contributed by atoms with E-state index < -0.39 is 5.97 Å². The molecular formula is C19H25NO5. The Labute approximate surface area is 147 Å². The first-order valence-electron chi connectivity index (χ1n) is 8.53. The fourth-order valence-corrected chi connectivity index (χ4v) is 2.85. The number of nitrogens with zero attached hydrogens (tertiary/aromatic N) is 1. The lowest BCUT2D eigenvalue weighted by Gasteiger charge is -2.16. The van der Waals surface area contributed by atoms with E-state index in [-0.39, 0.29) is 17.4 Å². The highest BCUT2D eigenvalue weighted by Crippen LogP contribution is 2.30. The maximum absolute atomic E-state index is 12.5. The van der Waals surface area contributed by atoms with Crippen LogP contribution in [0.15, 0.2) is 23.4 Å². The molecule has 6 nitrogen and oxygen atoms in total. The first-order valence-corrected chi connectivity index (χ1v) is 8.53. The molecule has 0 radical (unpaired) electrons. The minimum atomic E-state index is -0.555. The molecule has 0 saturated carbocycles. The molecule has 2 N–H and O–H groups in total. The molecule has 1 aromatic rings. The maximum Gasteiger partial charge on any atom is 0.342 e. The number of hydrogen-bond donors (Lipinski definition) is 2. The Kier molecular flexibility index (Phi) is 6.86. The van der Waals surface area contributed by atoms with E-state index in [2.05, 4.69) is 5.16 Å². The summed E-state index contributed by atoms with van der Waals surface area (Å²) in [6.07, 6.45) is 7.86. The average molecular weight is 347 g/mol. The highest BCUT2D eigenvalue weighted by Gasteiger charge is 2.21. The molecular weight excluding hydrogens is 322 g/mol. The van der Waals surface area contributed by atoms with Gasteiger partial charge >= 0.3 is 5.97 Å². The summed E-state index contributed by atoms with van der Waals surface area (Å²) in [5.74, 6) is -0.240. The third-order valence-corrected chi connectivity index (χ3v) is 4.22. The summed E-state index contributed by atoms with van der Waals surface area (Å²) in [4.78, 5) is 12.5. The van der Waals surface area contributed by atoms with Crippen LogP contribution < -0.4 is 4.74 Å². The van der Waals surface area contributed by atoms with Crippen molar-refractivity contribution in [1.29, 1.82) is 0 Å². The van der Waals surface area contributed by atoms with Gasteiger partial charge in [-0.3, -0.25) is 0 Å². The third kappa shape index (κ3) is 5.24. The van der Waals surface area contributed by atoms with Gasteiger partial charge in [-0.1, -0.05) is 17.3 Å². The van der Waals surface area contributed by atoms with E-state index >= 15 is 0 Å². The van der Waals surface area contributed by atoms with E-state index in [1.807, 2.05) is 13.0 Å². The van der Waals surface area contributed by atoms with Crippen molar-refractivity contribution in [3.63, 3.8) is 0 Å². The standard InChI is InChI=1S/C19H25NO5/c1-13-7-6-10-15(20-23)9-5-3-4-8-14-11-16(24-2)12-17(21)18(14)19(22)25-13/h4,8,11-13,21,23H,3,5-7,9-10H2,1-2H3/b8-4+,20-15+/t13-/m0/s1. The molecule has 0 fully saturated rings. The van der Waals surface area contributed by atoms with Gasteiger partial charge in [-0.25, -0.2) is 4.79 Å². The van der Waals surface area contributed by atoms with Crippen LogP contribution >= 0.6 is 0 Å². The molecule has 1 atom stereocenters. The summed E-state index contributed by atoms with van der Waals surface area (Å²) in [6.45, 7) is 1.82. The molecule has 136 valence electrons. The number of hydrogen-bond acceptors (Lipinski definition) is 6. The van der Waals surface area contributed by atoms with Gasteiger partial charge in [-0.05, 0) is 57.1 Å². The number of benzene rings is 1. The number of rotatable bonds is 1. The number of ether oxygens (including phenoxy) is 2. The highest BCUT2D eigenvalue weighted by molar-refractivity contribution is 5.97. The lowest BCUT2D eigenvalue weighted by molar-refractivity contribution is 0.0318. The van der Waals surface area contributed by atoms with Crippen molar-refractivity contribution < 1.29 is 24.6 Å². The van der Waals surface area contributed by atoms with E-state index in [1.54, 1.807) is 12.1 Å². The van der Waals surface area contributed by atoms with E-state index in [0.717, 1.165) is 31.4 Å². The molecule has 0 unspecified atom stereocenters. The van der Waals surface area contributed by atoms with Crippen molar-refractivity contribution in [2.75, 3.05) is 7.11 Å². The van der Waals surface area contributed by atoms with Crippen LogP contribution in [0.5, 0.6) is 11.5 Å². The van der Waals surface area contributed by atoms with Gasteiger partial charge in [0.1, 0.15) is 17.1 Å². The van der Waals surface area contributed by atoms with Crippen molar-refractivity contribution in [2.45, 2.75) is 51.6 Å². The van der Waals surface area contributed by atoms with E-state index in [9.17, 15) is 9.90 Å². The number of fused-ring (bicyclic) bond motifs is 1. The molecule has 1 heterocycles. The second-order valence-electron chi connectivity index (χ2n) is 6.18. The summed E-state index contributed by atoms with van der Waals surface area (Å²) < 4.78 is 10.6. The zero-order valence-electron chi connectivity index (χ0n) is 14.7. The number of cyclic esters (lactones) is 1. The number of oxime groups is 1. The van der Waals surface area contributed by atoms with Crippen LogP contribution in [0.25, 0.3) is 6.08 Å². The lowest BCUT2D eigenvalue weighted by Crippen LogP contribution is -2.17. The summed E-state index contributed by atoms with van der Waals surface area (Å²) >= 11 is 0. The number of phenols is 1. The molecule has 1 aromatic carbocycles. The van der Waals surface area contributed by atoms with Crippen molar-refractivity contribution in [1.82, 2.24) is 0 Å². The van der Waals surface area contributed by atoms with Crippen LogP contribution in [-0.4, -0.2) is 35.2 Å². The first-order chi connectivity index (χ1) is 12.0. The Balaban J connectivity index is 2.33. The minimum Gasteiger partial charge on any atom is -0.507 e. The molecule has 0 spiro atoms. The SMILES string of the molecule is COc1cc(O)c2c(c1)/C=C/CCC/C(=N\O)CCC[C@H](C)OC2=O. The normalized spacial score (nSPS) is 22.6. The third-order valence-electron chi connectivity index (χ3n) is 4.22. The van der Waals surface area contributed by atoms with E-state index in [4.69, 9.17) is 14.7 Å². The van der Waals surface area contributed by atoms with Crippen molar-refractivity contribution >= 4 is 17.8 Å². The summed E-state index contributed by atoms with van der Waals surface area (Å²) in [7, 11) is 1.50. The molecule has 6 heteroatoms. The second-order valence-corrected chi connectivity index (χ2v) is 6.18. The van der Waals surface area contributed by atoms with E-state index in [0.29, 0.717) is 24.2 Å². The summed E-state index contributed by atoms with van der Waals surface area (Å²) in [5, 5.41) is 22.7. The Hall–Kier alpha value is -2.50. The van der Waals surface area contributed by atoms with Crippen molar-refractivity contribution in [2.24, 2.45) is 5.16 Å². The molecule has 0 saturated heterocycles. The number of allylic oxidation sites excluding steroid dienone is 1. The predicted octanol–water partition coefficient (Wildman–Crippen LogP) is 4.14. The second kappa shape index (κ2) is 9.11. The minimum absolute atomic E-state index is 0.151. The summed E-state index contributed by atoms with van der Waals surface area (Å²) in [6, 6.07) is 3.11. The topological polar surface area (TPSA) is 88.3 Å². The molecule has 0 aromatic heterocycles. The molecule has 0 amide bonds. The Morgan fingerprint density at radius 1 is 1.28 bits per heavy atom. The molecule has 0 aliphatic carbocycles. The molecule has 1 aliphatic rings. The van der Waals surface area contributed by atoms with Crippen LogP contribution in [0.1, 0.15) is 61.4 Å². The smallest absolute Gasteiger partial charge is 0.342 e. The lowest BCUT2D eigenvalue weighted by atomic mass is 10.0. The zero-order valence-corrected chi connectivity index (χ0v) is 14.7. The van der Waals surface area contributed by atoms with Gasteiger partial charge in [-0.15, -0.1) is 0 Å². The van der Waals surface area contributed by atoms with Gasteiger partial charge in [0.05, 0.1) is 18.9 Å². The number of aromatic hydroxyl groups is 1. The molecule has 1 aliphatic heterocycles. The number of methoxy groups -OCH3 is 1. The quantitative estimate of drug-likeness (QED) is 0.453. The van der Waals surface area contributed by atoms with Crippen LogP contribution in [0.3, 0.4) is 0 Å². The van der Waals surface area contributed by atoms with Gasteiger partial charge in [-0.2, -0.15) is 0 Å². The Bertz CT molecular complexity index is 666. The number of esters is 1. The number of phenolic OH excluding ortho intramolecular Hbond substituents is 1. The fraction of sp³-hybridized carbons (Fsp3) is 0.474. The van der Waals surface area contributed by atoms with Gasteiger partial charge in [0, 0.05) is 6.07 Å². The Morgan fingerprint density at radius 3 is 2.76 bits per heavy atom. The molecule has 2 rings (SSSR count). The largest absolute Gasteiger partial charge is 0.507 e. The highest BCUT2D eigenvalue weighted by atomic mass is 16.5. The van der Waals surface area contributed by atoms with Crippen molar-refractivity contribution in [3.05, 3.63) is 29.3 Å². The first kappa shape index (κ1) is 18.8. The van der Waals surface area contributed by atoms with Crippen LogP contribution in [0, 0.1) is 0 Å². The van der Waals surface area contributed by atoms with Crippen molar-refractivity contribution in [3.8, 4) is 11.5 Å². The van der Waals surface area contributed by atoms with Crippen LogP contribution in [0.2, 0.25) is 0 Å². The number of carbonyl (C=O) groups excluding carboxylic acids is 1. The van der Waals surface area contributed by atoms with Gasteiger partial charge in [0.15, 0.2) is 0 Å². The fourth-order valence-electron chi connectivity index (χ4n) is 2.85. The summed E-state index contributed by atoms with van der Waals surface area (Å²) in [5.41, 5.74) is 1.48. The zero-order chi connectivity index (χ0) is 18.2. The van der Waals surface area contributed by atoms with Crippen LogP contribution in [0.4, 0.5) is 0 Å². The molecule has 0 bridgehead atoms. The Morgan fingerprint density at radius 2 is 2.04 bits per heavy atom. The number of carbonyl (C=O) groups is 1. The van der Waals surface area contributed by atoms with Gasteiger partial charge in [0.2, 0.25) is 0 Å². The molecule has 25 heavy (non-hydrogen) atoms.